The second-order valence-corrected chi connectivity index (χ2v) is 3.72. The summed E-state index contributed by atoms with van der Waals surface area (Å²) in [5, 5.41) is 8.88. The Morgan fingerprint density at radius 2 is 2.00 bits per heavy atom. The fourth-order valence-corrected chi connectivity index (χ4v) is 0.936. The highest BCUT2D eigenvalue weighted by molar-refractivity contribution is 5.56. The van der Waals surface area contributed by atoms with Crippen molar-refractivity contribution in [1.82, 2.24) is 0 Å². The molecule has 1 N–H and O–H groups in total. The van der Waals surface area contributed by atoms with Gasteiger partial charge in [0.2, 0.25) is 0 Å². The molecule has 0 fully saturated rings. The fourth-order valence-electron chi connectivity index (χ4n) is 0.936. The minimum Gasteiger partial charge on any atom is -0.391 e. The molecule has 0 saturated heterocycles. The molecule has 0 aromatic carbocycles. The summed E-state index contributed by atoms with van der Waals surface area (Å²) < 4.78 is 0. The highest BCUT2D eigenvalue weighted by atomic mass is 16.3. The molecule has 0 bridgehead atoms. The SMILES string of the molecule is CC(C)CCCC=NCC(C)O. The van der Waals surface area contributed by atoms with Crippen molar-refractivity contribution >= 4 is 6.21 Å². The van der Waals surface area contributed by atoms with Crippen LogP contribution in [-0.2, 0) is 0 Å². The van der Waals surface area contributed by atoms with Crippen LogP contribution in [0.2, 0.25) is 0 Å². The lowest BCUT2D eigenvalue weighted by molar-refractivity contribution is 0.204. The van der Waals surface area contributed by atoms with E-state index in [1.165, 1.54) is 12.8 Å². The van der Waals surface area contributed by atoms with E-state index in [0.717, 1.165) is 12.3 Å². The summed E-state index contributed by atoms with van der Waals surface area (Å²) in [7, 11) is 0. The van der Waals surface area contributed by atoms with Crippen LogP contribution in [0.5, 0.6) is 0 Å². The van der Waals surface area contributed by atoms with E-state index in [0.29, 0.717) is 6.54 Å². The number of hydrogen-bond acceptors (Lipinski definition) is 2. The minimum absolute atomic E-state index is 0.300. The van der Waals surface area contributed by atoms with Gasteiger partial charge in [-0.2, -0.15) is 0 Å². The van der Waals surface area contributed by atoms with Crippen LogP contribution in [0, 0.1) is 5.92 Å². The fraction of sp³-hybridized carbons (Fsp3) is 0.900. The minimum atomic E-state index is -0.300. The molecule has 0 aliphatic rings. The van der Waals surface area contributed by atoms with Crippen LogP contribution in [0.15, 0.2) is 4.99 Å². The Balaban J connectivity index is 3.13. The Morgan fingerprint density at radius 1 is 1.33 bits per heavy atom. The van der Waals surface area contributed by atoms with Gasteiger partial charge in [-0.15, -0.1) is 0 Å². The predicted molar refractivity (Wildman–Crippen MR) is 53.7 cm³/mol. The third-order valence-corrected chi connectivity index (χ3v) is 1.61. The van der Waals surface area contributed by atoms with Gasteiger partial charge >= 0.3 is 0 Å². The van der Waals surface area contributed by atoms with Crippen molar-refractivity contribution < 1.29 is 5.11 Å². The number of rotatable bonds is 6. The van der Waals surface area contributed by atoms with E-state index in [1.54, 1.807) is 6.92 Å². The smallest absolute Gasteiger partial charge is 0.0707 e. The molecule has 2 heteroatoms. The van der Waals surface area contributed by atoms with Crippen LogP contribution in [0.25, 0.3) is 0 Å². The van der Waals surface area contributed by atoms with Gasteiger partial charge in [0.1, 0.15) is 0 Å². The summed E-state index contributed by atoms with van der Waals surface area (Å²) in [4.78, 5) is 4.09. The van der Waals surface area contributed by atoms with E-state index in [-0.39, 0.29) is 6.10 Å². The maximum Gasteiger partial charge on any atom is 0.0707 e. The van der Waals surface area contributed by atoms with Crippen molar-refractivity contribution in [1.29, 1.82) is 0 Å². The summed E-state index contributed by atoms with van der Waals surface area (Å²) in [6.45, 7) is 6.76. The Labute approximate surface area is 75.7 Å². The molecule has 2 nitrogen and oxygen atoms in total. The highest BCUT2D eigenvalue weighted by Gasteiger charge is 1.92. The predicted octanol–water partition coefficient (Wildman–Crippen LogP) is 2.26. The molecule has 0 amide bonds. The monoisotopic (exact) mass is 171 g/mol. The maximum absolute atomic E-state index is 8.88. The largest absolute Gasteiger partial charge is 0.391 e. The molecule has 1 unspecified atom stereocenters. The van der Waals surface area contributed by atoms with Gasteiger partial charge in [-0.3, -0.25) is 4.99 Å². The van der Waals surface area contributed by atoms with Crippen LogP contribution in [0.1, 0.15) is 40.0 Å². The summed E-state index contributed by atoms with van der Waals surface area (Å²) in [6.07, 6.45) is 5.15. The van der Waals surface area contributed by atoms with E-state index < -0.39 is 0 Å². The van der Waals surface area contributed by atoms with Gasteiger partial charge in [0, 0.05) is 0 Å². The first-order valence-electron chi connectivity index (χ1n) is 4.79. The van der Waals surface area contributed by atoms with Crippen LogP contribution in [-0.4, -0.2) is 24.0 Å². The lowest BCUT2D eigenvalue weighted by Crippen LogP contribution is -2.03. The van der Waals surface area contributed by atoms with Gasteiger partial charge in [0.05, 0.1) is 12.6 Å². The van der Waals surface area contributed by atoms with Crippen molar-refractivity contribution in [2.45, 2.75) is 46.1 Å². The van der Waals surface area contributed by atoms with Gasteiger partial charge in [-0.1, -0.05) is 20.3 Å². The van der Waals surface area contributed by atoms with Crippen molar-refractivity contribution in [3.8, 4) is 0 Å². The van der Waals surface area contributed by atoms with Gasteiger partial charge < -0.3 is 5.11 Å². The number of aliphatic hydroxyl groups excluding tert-OH is 1. The molecule has 0 heterocycles. The molecule has 0 aromatic heterocycles. The van der Waals surface area contributed by atoms with Crippen molar-refractivity contribution in [3.63, 3.8) is 0 Å². The molecule has 0 aliphatic heterocycles. The van der Waals surface area contributed by atoms with Crippen LogP contribution in [0.3, 0.4) is 0 Å². The quantitative estimate of drug-likeness (QED) is 0.482. The molecule has 0 radical (unpaired) electrons. The molecule has 72 valence electrons. The number of hydrogen-bond donors (Lipinski definition) is 1. The molecule has 0 aromatic rings. The standard InChI is InChI=1S/C10H21NO/c1-9(2)6-4-5-7-11-8-10(3)12/h7,9-10,12H,4-6,8H2,1-3H3. The molecule has 0 spiro atoms. The van der Waals surface area contributed by atoms with Crippen LogP contribution in [0.4, 0.5) is 0 Å². The van der Waals surface area contributed by atoms with Gasteiger partial charge in [0.25, 0.3) is 0 Å². The molecule has 1 atom stereocenters. The third kappa shape index (κ3) is 9.63. The summed E-state index contributed by atoms with van der Waals surface area (Å²) in [5.41, 5.74) is 0. The Kier molecular flexibility index (Phi) is 7.06. The zero-order chi connectivity index (χ0) is 9.40. The first-order valence-corrected chi connectivity index (χ1v) is 4.79. The highest BCUT2D eigenvalue weighted by Crippen LogP contribution is 2.04. The number of aliphatic imine (C=N–C) groups is 1. The first kappa shape index (κ1) is 11.6. The lowest BCUT2D eigenvalue weighted by Gasteiger charge is -2.00. The Hall–Kier alpha value is -0.370. The zero-order valence-corrected chi connectivity index (χ0v) is 8.45. The van der Waals surface area contributed by atoms with Crippen molar-refractivity contribution in [2.24, 2.45) is 10.9 Å². The molecular formula is C10H21NO. The summed E-state index contributed by atoms with van der Waals surface area (Å²) >= 11 is 0. The first-order chi connectivity index (χ1) is 5.63. The third-order valence-electron chi connectivity index (χ3n) is 1.61. The van der Waals surface area contributed by atoms with E-state index >= 15 is 0 Å². The molecule has 0 saturated carbocycles. The average molecular weight is 171 g/mol. The van der Waals surface area contributed by atoms with E-state index in [2.05, 4.69) is 18.8 Å². The normalized spacial score (nSPS) is 14.4. The number of nitrogens with zero attached hydrogens (tertiary/aromatic N) is 1. The average Bonchev–Trinajstić information content (AvgIpc) is 1.95. The summed E-state index contributed by atoms with van der Waals surface area (Å²) in [6, 6.07) is 0. The van der Waals surface area contributed by atoms with Gasteiger partial charge in [-0.05, 0) is 31.9 Å². The second kappa shape index (κ2) is 7.29. The zero-order valence-electron chi connectivity index (χ0n) is 8.45. The Morgan fingerprint density at radius 3 is 2.50 bits per heavy atom. The van der Waals surface area contributed by atoms with Crippen LogP contribution >= 0.6 is 0 Å². The Bertz CT molecular complexity index is 119. The summed E-state index contributed by atoms with van der Waals surface area (Å²) in [5.74, 6) is 0.787. The van der Waals surface area contributed by atoms with E-state index in [9.17, 15) is 0 Å². The second-order valence-electron chi connectivity index (χ2n) is 3.72. The van der Waals surface area contributed by atoms with Gasteiger partial charge in [-0.25, -0.2) is 0 Å². The van der Waals surface area contributed by atoms with E-state index in [4.69, 9.17) is 5.11 Å². The van der Waals surface area contributed by atoms with Crippen molar-refractivity contribution in [2.75, 3.05) is 6.54 Å². The molecular weight excluding hydrogens is 150 g/mol. The van der Waals surface area contributed by atoms with Crippen molar-refractivity contribution in [3.05, 3.63) is 0 Å². The molecule has 0 aliphatic carbocycles. The van der Waals surface area contributed by atoms with Gasteiger partial charge in [0.15, 0.2) is 0 Å². The maximum atomic E-state index is 8.88. The number of unbranched alkanes of at least 4 members (excludes halogenated alkanes) is 1. The molecule has 12 heavy (non-hydrogen) atoms. The number of aliphatic hydroxyl groups is 1. The topological polar surface area (TPSA) is 32.6 Å². The molecule has 0 rings (SSSR count). The lowest BCUT2D eigenvalue weighted by atomic mass is 10.1. The van der Waals surface area contributed by atoms with E-state index in [1.807, 2.05) is 6.21 Å². The van der Waals surface area contributed by atoms with Crippen LogP contribution < -0.4 is 0 Å².